The van der Waals surface area contributed by atoms with Crippen molar-refractivity contribution in [2.45, 2.75) is 0 Å². The Labute approximate surface area is 146 Å². The van der Waals surface area contributed by atoms with Gasteiger partial charge in [-0.2, -0.15) is 0 Å². The fraction of sp³-hybridized carbons (Fsp3) is 0.286. The molecule has 8 heteroatoms. The average Bonchev–Trinajstić information content (AvgIpc) is 2.74. The molecule has 1 aliphatic rings. The average molecular weight is 404 g/mol. The van der Waals surface area contributed by atoms with Crippen molar-refractivity contribution in [3.8, 4) is 11.5 Å². The Hall–Kier alpha value is -1.09. The van der Waals surface area contributed by atoms with Crippen LogP contribution in [0.2, 0.25) is 0 Å². The molecule has 2 rings (SSSR count). The van der Waals surface area contributed by atoms with E-state index in [1.807, 2.05) is 0 Å². The molecule has 1 N–H and O–H groups in total. The lowest BCUT2D eigenvalue weighted by atomic mass is 10.2. The summed E-state index contributed by atoms with van der Waals surface area (Å²) in [5.41, 5.74) is 0.724. The van der Waals surface area contributed by atoms with Gasteiger partial charge in [0.15, 0.2) is 11.5 Å². The van der Waals surface area contributed by atoms with Crippen molar-refractivity contribution >= 4 is 56.2 Å². The second-order valence-corrected chi connectivity index (χ2v) is 6.90. The van der Waals surface area contributed by atoms with E-state index in [0.717, 1.165) is 5.56 Å². The number of halogens is 1. The molecular formula is C14H14BrNO4S2. The van der Waals surface area contributed by atoms with Gasteiger partial charge in [0.25, 0.3) is 5.91 Å². The molecule has 22 heavy (non-hydrogen) atoms. The van der Waals surface area contributed by atoms with Crippen LogP contribution in [0.3, 0.4) is 0 Å². The molecule has 1 heterocycles. The Kier molecular flexibility index (Phi) is 5.85. The third-order valence-electron chi connectivity index (χ3n) is 2.98. The summed E-state index contributed by atoms with van der Waals surface area (Å²) >= 11 is 9.83. The second kappa shape index (κ2) is 7.45. The summed E-state index contributed by atoms with van der Waals surface area (Å²) in [6.45, 7) is 0.856. The number of hydrogen-bond donors (Lipinski definition) is 1. The monoisotopic (exact) mass is 403 g/mol. The highest BCUT2D eigenvalue weighted by atomic mass is 79.9. The van der Waals surface area contributed by atoms with E-state index in [0.29, 0.717) is 32.6 Å². The van der Waals surface area contributed by atoms with Gasteiger partial charge in [0.1, 0.15) is 4.32 Å². The van der Waals surface area contributed by atoms with Crippen molar-refractivity contribution in [2.75, 3.05) is 27.4 Å². The molecule has 118 valence electrons. The number of nitrogens with zero attached hydrogens (tertiary/aromatic N) is 1. The SMILES string of the molecule is COCCN1C(=O)/C(=C/c2cc(OC)c(O)cc2Br)SC1=S. The first-order valence-corrected chi connectivity index (χ1v) is 8.30. The zero-order valence-electron chi connectivity index (χ0n) is 12.0. The van der Waals surface area contributed by atoms with Crippen LogP contribution in [-0.4, -0.2) is 47.6 Å². The van der Waals surface area contributed by atoms with Gasteiger partial charge < -0.3 is 14.6 Å². The van der Waals surface area contributed by atoms with Crippen molar-refractivity contribution in [1.29, 1.82) is 0 Å². The van der Waals surface area contributed by atoms with Crippen molar-refractivity contribution in [3.63, 3.8) is 0 Å². The predicted octanol–water partition coefficient (Wildman–Crippen LogP) is 3.01. The predicted molar refractivity (Wildman–Crippen MR) is 94.1 cm³/mol. The minimum absolute atomic E-state index is 0.0270. The Morgan fingerprint density at radius 2 is 2.18 bits per heavy atom. The smallest absolute Gasteiger partial charge is 0.266 e. The number of benzene rings is 1. The van der Waals surface area contributed by atoms with Crippen LogP contribution in [0.1, 0.15) is 5.56 Å². The van der Waals surface area contributed by atoms with Gasteiger partial charge in [0.05, 0.1) is 25.2 Å². The molecule has 0 atom stereocenters. The van der Waals surface area contributed by atoms with Gasteiger partial charge in [0, 0.05) is 11.6 Å². The lowest BCUT2D eigenvalue weighted by Gasteiger charge is -2.13. The molecule has 0 saturated carbocycles. The fourth-order valence-electron chi connectivity index (χ4n) is 1.85. The third kappa shape index (κ3) is 3.62. The van der Waals surface area contributed by atoms with Gasteiger partial charge in [-0.25, -0.2) is 0 Å². The van der Waals surface area contributed by atoms with E-state index in [2.05, 4.69) is 15.9 Å². The number of hydrogen-bond acceptors (Lipinski definition) is 6. The Bertz CT molecular complexity index is 648. The van der Waals surface area contributed by atoms with Gasteiger partial charge in [-0.05, 0) is 23.8 Å². The maximum atomic E-state index is 12.4. The second-order valence-electron chi connectivity index (χ2n) is 4.37. The van der Waals surface area contributed by atoms with E-state index in [4.69, 9.17) is 21.7 Å². The van der Waals surface area contributed by atoms with E-state index in [9.17, 15) is 9.90 Å². The summed E-state index contributed by atoms with van der Waals surface area (Å²) in [5.74, 6) is 0.217. The molecule has 1 saturated heterocycles. The Morgan fingerprint density at radius 3 is 2.82 bits per heavy atom. The topological polar surface area (TPSA) is 59.0 Å². The van der Waals surface area contributed by atoms with Gasteiger partial charge in [-0.15, -0.1) is 0 Å². The van der Waals surface area contributed by atoms with Crippen molar-refractivity contribution in [2.24, 2.45) is 0 Å². The molecule has 0 radical (unpaired) electrons. The normalized spacial score (nSPS) is 16.7. The number of thioether (sulfide) groups is 1. The van der Waals surface area contributed by atoms with Crippen LogP contribution in [0.15, 0.2) is 21.5 Å². The van der Waals surface area contributed by atoms with Crippen LogP contribution in [0.4, 0.5) is 0 Å². The number of thiocarbonyl (C=S) groups is 1. The van der Waals surface area contributed by atoms with E-state index in [1.54, 1.807) is 19.3 Å². The van der Waals surface area contributed by atoms with E-state index < -0.39 is 0 Å². The van der Waals surface area contributed by atoms with Crippen LogP contribution in [0.5, 0.6) is 11.5 Å². The van der Waals surface area contributed by atoms with E-state index in [-0.39, 0.29) is 11.7 Å². The molecule has 0 aliphatic carbocycles. The number of carbonyl (C=O) groups excluding carboxylic acids is 1. The fourth-order valence-corrected chi connectivity index (χ4v) is 3.59. The van der Waals surface area contributed by atoms with Crippen LogP contribution >= 0.6 is 39.9 Å². The van der Waals surface area contributed by atoms with Crippen LogP contribution in [0, 0.1) is 0 Å². The number of carbonyl (C=O) groups is 1. The number of phenols is 1. The van der Waals surface area contributed by atoms with Crippen LogP contribution in [-0.2, 0) is 9.53 Å². The van der Waals surface area contributed by atoms with E-state index in [1.165, 1.54) is 29.8 Å². The van der Waals surface area contributed by atoms with Gasteiger partial charge in [0.2, 0.25) is 0 Å². The molecule has 1 amide bonds. The van der Waals surface area contributed by atoms with Crippen molar-refractivity contribution < 1.29 is 19.4 Å². The molecule has 1 aliphatic heterocycles. The first-order valence-electron chi connectivity index (χ1n) is 6.28. The zero-order chi connectivity index (χ0) is 16.3. The maximum absolute atomic E-state index is 12.4. The summed E-state index contributed by atoms with van der Waals surface area (Å²) < 4.78 is 11.2. The molecule has 1 fully saturated rings. The molecule has 1 aromatic rings. The quantitative estimate of drug-likeness (QED) is 0.602. The lowest BCUT2D eigenvalue weighted by molar-refractivity contribution is -0.122. The molecule has 0 spiro atoms. The standard InChI is InChI=1S/C14H14BrNO4S2/c1-19-4-3-16-13(18)12(22-14(16)21)6-8-5-11(20-2)10(17)7-9(8)15/h5-7,17H,3-4H2,1-2H3/b12-6-. The van der Waals surface area contributed by atoms with E-state index >= 15 is 0 Å². The first kappa shape index (κ1) is 17.3. The highest BCUT2D eigenvalue weighted by Gasteiger charge is 2.31. The van der Waals surface area contributed by atoms with Crippen molar-refractivity contribution in [3.05, 3.63) is 27.1 Å². The van der Waals surface area contributed by atoms with Crippen molar-refractivity contribution in [1.82, 2.24) is 4.90 Å². The highest BCUT2D eigenvalue weighted by molar-refractivity contribution is 9.10. The molecule has 0 aromatic heterocycles. The number of methoxy groups -OCH3 is 2. The largest absolute Gasteiger partial charge is 0.504 e. The molecular weight excluding hydrogens is 390 g/mol. The number of rotatable bonds is 5. The molecule has 0 bridgehead atoms. The number of aromatic hydroxyl groups is 1. The van der Waals surface area contributed by atoms with Crippen LogP contribution in [0.25, 0.3) is 6.08 Å². The minimum atomic E-state index is -0.147. The molecule has 5 nitrogen and oxygen atoms in total. The molecule has 1 aromatic carbocycles. The van der Waals surface area contributed by atoms with Gasteiger partial charge >= 0.3 is 0 Å². The minimum Gasteiger partial charge on any atom is -0.504 e. The summed E-state index contributed by atoms with van der Waals surface area (Å²) in [7, 11) is 3.05. The van der Waals surface area contributed by atoms with Gasteiger partial charge in [-0.3, -0.25) is 9.69 Å². The molecule has 0 unspecified atom stereocenters. The highest BCUT2D eigenvalue weighted by Crippen LogP contribution is 2.37. The number of amides is 1. The summed E-state index contributed by atoms with van der Waals surface area (Å²) in [6, 6.07) is 3.18. The first-order chi connectivity index (χ1) is 10.5. The Balaban J connectivity index is 2.30. The summed E-state index contributed by atoms with van der Waals surface area (Å²) in [6.07, 6.45) is 1.72. The lowest BCUT2D eigenvalue weighted by Crippen LogP contribution is -2.31. The Morgan fingerprint density at radius 1 is 1.45 bits per heavy atom. The zero-order valence-corrected chi connectivity index (χ0v) is 15.2. The number of phenolic OH excluding ortho intramolecular Hbond substituents is 1. The van der Waals surface area contributed by atoms with Crippen LogP contribution < -0.4 is 4.74 Å². The maximum Gasteiger partial charge on any atom is 0.266 e. The summed E-state index contributed by atoms with van der Waals surface area (Å²) in [4.78, 5) is 14.4. The summed E-state index contributed by atoms with van der Waals surface area (Å²) in [5, 5.41) is 9.72. The third-order valence-corrected chi connectivity index (χ3v) is 5.04. The van der Waals surface area contributed by atoms with Gasteiger partial charge in [-0.1, -0.05) is 39.9 Å². The number of ether oxygens (including phenoxy) is 2.